The first-order valence-corrected chi connectivity index (χ1v) is 8.37. The fraction of sp³-hybridized carbons (Fsp3) is 0.643. The third-order valence-corrected chi connectivity index (χ3v) is 5.12. The number of hydrogen-bond donors (Lipinski definition) is 2. The van der Waals surface area contributed by atoms with Gasteiger partial charge in [0, 0.05) is 19.3 Å². The molecule has 2 N–H and O–H groups in total. The summed E-state index contributed by atoms with van der Waals surface area (Å²) in [6.07, 6.45) is 1.58. The highest BCUT2D eigenvalue weighted by molar-refractivity contribution is 7.89. The number of nitrogens with one attached hydrogen (secondary N) is 2. The van der Waals surface area contributed by atoms with Gasteiger partial charge in [0.25, 0.3) is 0 Å². The molecule has 5 nitrogen and oxygen atoms in total. The minimum Gasteiger partial charge on any atom is -0.369 e. The van der Waals surface area contributed by atoms with Crippen molar-refractivity contribution in [3.63, 3.8) is 0 Å². The van der Waals surface area contributed by atoms with Crippen molar-refractivity contribution in [3.8, 4) is 0 Å². The second-order valence-corrected chi connectivity index (χ2v) is 7.58. The molecule has 0 saturated carbocycles. The lowest BCUT2D eigenvalue weighted by atomic mass is 9.81. The Balaban J connectivity index is 2.95. The first-order valence-electron chi connectivity index (χ1n) is 6.89. The Morgan fingerprint density at radius 2 is 2.00 bits per heavy atom. The van der Waals surface area contributed by atoms with E-state index >= 15 is 0 Å². The molecule has 114 valence electrons. The molecule has 0 amide bonds. The zero-order valence-corrected chi connectivity index (χ0v) is 13.7. The molecule has 0 aliphatic carbocycles. The van der Waals surface area contributed by atoms with Crippen LogP contribution in [0.5, 0.6) is 0 Å². The van der Waals surface area contributed by atoms with E-state index in [1.54, 1.807) is 18.3 Å². The average Bonchev–Trinajstić information content (AvgIpc) is 2.37. The Bertz CT molecular complexity index is 539. The molecule has 1 aromatic rings. The number of rotatable bonds is 7. The predicted molar refractivity (Wildman–Crippen MR) is 82.2 cm³/mol. The number of pyridine rings is 1. The highest BCUT2D eigenvalue weighted by Gasteiger charge is 2.26. The Kier molecular flexibility index (Phi) is 5.53. The fourth-order valence-electron chi connectivity index (χ4n) is 1.47. The summed E-state index contributed by atoms with van der Waals surface area (Å²) in [5.74, 6) is 0.775. The van der Waals surface area contributed by atoms with E-state index in [9.17, 15) is 8.42 Å². The third kappa shape index (κ3) is 4.18. The van der Waals surface area contributed by atoms with Gasteiger partial charge in [-0.2, -0.15) is 0 Å². The molecule has 0 fully saturated rings. The molecule has 1 heterocycles. The Morgan fingerprint density at radius 1 is 1.35 bits per heavy atom. The fourth-order valence-corrected chi connectivity index (χ4v) is 2.83. The van der Waals surface area contributed by atoms with Crippen molar-refractivity contribution in [1.82, 2.24) is 9.71 Å². The summed E-state index contributed by atoms with van der Waals surface area (Å²) in [5.41, 5.74) is -0.104. The third-order valence-electron chi connectivity index (χ3n) is 3.69. The lowest BCUT2D eigenvalue weighted by Gasteiger charge is -2.29. The summed E-state index contributed by atoms with van der Waals surface area (Å²) in [6.45, 7) is 11.2. The van der Waals surface area contributed by atoms with E-state index in [0.717, 1.165) is 0 Å². The molecular formula is C14H25N3O2S. The van der Waals surface area contributed by atoms with E-state index in [1.165, 1.54) is 0 Å². The molecule has 1 aromatic heterocycles. The first-order chi connectivity index (χ1) is 9.20. The Labute approximate surface area is 122 Å². The van der Waals surface area contributed by atoms with Crippen molar-refractivity contribution in [2.75, 3.05) is 18.4 Å². The van der Waals surface area contributed by atoms with E-state index in [2.05, 4.69) is 42.7 Å². The normalized spacial score (nSPS) is 12.7. The van der Waals surface area contributed by atoms with Crippen LogP contribution in [0, 0.1) is 11.3 Å². The van der Waals surface area contributed by atoms with Gasteiger partial charge in [-0.25, -0.2) is 18.1 Å². The predicted octanol–water partition coefficient (Wildman–Crippen LogP) is 2.47. The summed E-state index contributed by atoms with van der Waals surface area (Å²) in [6, 6.07) is 3.19. The van der Waals surface area contributed by atoms with E-state index in [0.29, 0.717) is 24.8 Å². The van der Waals surface area contributed by atoms with Gasteiger partial charge in [0.1, 0.15) is 10.7 Å². The van der Waals surface area contributed by atoms with Crippen LogP contribution >= 0.6 is 0 Å². The summed E-state index contributed by atoms with van der Waals surface area (Å²) in [5, 5.41) is 2.97. The van der Waals surface area contributed by atoms with Crippen molar-refractivity contribution < 1.29 is 8.42 Å². The smallest absolute Gasteiger partial charge is 0.244 e. The zero-order chi connectivity index (χ0) is 15.4. The van der Waals surface area contributed by atoms with Gasteiger partial charge in [-0.1, -0.05) is 27.7 Å². The number of hydrogen-bond acceptors (Lipinski definition) is 4. The van der Waals surface area contributed by atoms with Crippen molar-refractivity contribution >= 4 is 15.8 Å². The van der Waals surface area contributed by atoms with Crippen molar-refractivity contribution in [1.29, 1.82) is 0 Å². The minimum absolute atomic E-state index is 0.104. The van der Waals surface area contributed by atoms with Crippen LogP contribution < -0.4 is 10.0 Å². The quantitative estimate of drug-likeness (QED) is 0.811. The Hall–Kier alpha value is -1.14. The van der Waals surface area contributed by atoms with Crippen LogP contribution in [-0.2, 0) is 10.0 Å². The minimum atomic E-state index is -3.55. The van der Waals surface area contributed by atoms with Gasteiger partial charge in [-0.15, -0.1) is 0 Å². The van der Waals surface area contributed by atoms with Crippen molar-refractivity contribution in [2.24, 2.45) is 11.3 Å². The van der Waals surface area contributed by atoms with Gasteiger partial charge < -0.3 is 5.32 Å². The second kappa shape index (κ2) is 6.54. The molecule has 1 rings (SSSR count). The Morgan fingerprint density at radius 3 is 2.55 bits per heavy atom. The van der Waals surface area contributed by atoms with E-state index in [4.69, 9.17) is 0 Å². The van der Waals surface area contributed by atoms with Crippen LogP contribution in [0.4, 0.5) is 5.82 Å². The average molecular weight is 299 g/mol. The largest absolute Gasteiger partial charge is 0.369 e. The molecule has 0 bridgehead atoms. The SMILES string of the molecule is CCNc1ncccc1S(=O)(=O)NCC(C)(C)C(C)C. The molecule has 0 spiro atoms. The summed E-state index contributed by atoms with van der Waals surface area (Å²) in [4.78, 5) is 4.28. The molecular weight excluding hydrogens is 274 g/mol. The molecule has 0 aliphatic rings. The number of aromatic nitrogens is 1. The molecule has 0 aromatic carbocycles. The standard InChI is InChI=1S/C14H25N3O2S/c1-6-15-13-12(8-7-9-16-13)20(18,19)17-10-14(4,5)11(2)3/h7-9,11,17H,6,10H2,1-5H3,(H,15,16). The lowest BCUT2D eigenvalue weighted by molar-refractivity contribution is 0.252. The van der Waals surface area contributed by atoms with Crippen LogP contribution in [0.2, 0.25) is 0 Å². The highest BCUT2D eigenvalue weighted by atomic mass is 32.2. The maximum absolute atomic E-state index is 12.4. The van der Waals surface area contributed by atoms with E-state index in [-0.39, 0.29) is 10.3 Å². The van der Waals surface area contributed by atoms with Crippen molar-refractivity contribution in [2.45, 2.75) is 39.5 Å². The van der Waals surface area contributed by atoms with Gasteiger partial charge >= 0.3 is 0 Å². The monoisotopic (exact) mass is 299 g/mol. The molecule has 6 heteroatoms. The van der Waals surface area contributed by atoms with E-state index in [1.807, 2.05) is 6.92 Å². The maximum Gasteiger partial charge on any atom is 0.244 e. The van der Waals surface area contributed by atoms with Gasteiger partial charge in [0.2, 0.25) is 10.0 Å². The lowest BCUT2D eigenvalue weighted by Crippen LogP contribution is -2.37. The molecule has 0 saturated heterocycles. The van der Waals surface area contributed by atoms with Crippen molar-refractivity contribution in [3.05, 3.63) is 18.3 Å². The van der Waals surface area contributed by atoms with Gasteiger partial charge in [0.05, 0.1) is 0 Å². The first kappa shape index (κ1) is 16.9. The van der Waals surface area contributed by atoms with Crippen LogP contribution in [0.1, 0.15) is 34.6 Å². The molecule has 0 atom stereocenters. The summed E-state index contributed by atoms with van der Waals surface area (Å²) < 4.78 is 27.5. The summed E-state index contributed by atoms with van der Waals surface area (Å²) in [7, 11) is -3.55. The summed E-state index contributed by atoms with van der Waals surface area (Å²) >= 11 is 0. The van der Waals surface area contributed by atoms with Gasteiger partial charge in [-0.3, -0.25) is 0 Å². The highest BCUT2D eigenvalue weighted by Crippen LogP contribution is 2.26. The number of anilines is 1. The zero-order valence-electron chi connectivity index (χ0n) is 12.9. The number of nitrogens with zero attached hydrogens (tertiary/aromatic N) is 1. The van der Waals surface area contributed by atoms with Gasteiger partial charge in [-0.05, 0) is 30.4 Å². The van der Waals surface area contributed by atoms with Crippen LogP contribution in [0.15, 0.2) is 23.2 Å². The second-order valence-electron chi connectivity index (χ2n) is 5.85. The van der Waals surface area contributed by atoms with Crippen LogP contribution in [-0.4, -0.2) is 26.5 Å². The molecule has 20 heavy (non-hydrogen) atoms. The maximum atomic E-state index is 12.4. The van der Waals surface area contributed by atoms with Crippen LogP contribution in [0.25, 0.3) is 0 Å². The topological polar surface area (TPSA) is 71.1 Å². The molecule has 0 aliphatic heterocycles. The molecule has 0 radical (unpaired) electrons. The number of sulfonamides is 1. The molecule has 0 unspecified atom stereocenters. The van der Waals surface area contributed by atoms with Crippen LogP contribution in [0.3, 0.4) is 0 Å². The van der Waals surface area contributed by atoms with E-state index < -0.39 is 10.0 Å². The van der Waals surface area contributed by atoms with Gasteiger partial charge in [0.15, 0.2) is 0 Å².